The van der Waals surface area contributed by atoms with Gasteiger partial charge in [0.25, 0.3) is 0 Å². The third kappa shape index (κ3) is 4.34. The Kier molecular flexibility index (Phi) is 5.22. The second-order valence-electron chi connectivity index (χ2n) is 6.38. The van der Waals surface area contributed by atoms with Crippen LogP contribution >= 0.6 is 0 Å². The van der Waals surface area contributed by atoms with Crippen molar-refractivity contribution < 1.29 is 9.13 Å². The Hall–Kier alpha value is -4.44. The molecule has 0 radical (unpaired) electrons. The zero-order valence-electron chi connectivity index (χ0n) is 15.7. The van der Waals surface area contributed by atoms with Crippen LogP contribution in [0.2, 0.25) is 0 Å². The number of ether oxygens (including phenoxy) is 1. The van der Waals surface area contributed by atoms with E-state index in [1.54, 1.807) is 66.7 Å². The minimum atomic E-state index is -0.284. The number of aromatic nitrogens is 2. The van der Waals surface area contributed by atoms with Gasteiger partial charge in [-0.05, 0) is 48.0 Å². The topological polar surface area (TPSA) is 96.9 Å². The number of nitriles is 1. The van der Waals surface area contributed by atoms with E-state index < -0.39 is 0 Å². The molecular weight excluding hydrogens is 381 g/mol. The first-order valence-electron chi connectivity index (χ1n) is 9.05. The van der Waals surface area contributed by atoms with Crippen molar-refractivity contribution in [1.29, 1.82) is 5.26 Å². The lowest BCUT2D eigenvalue weighted by molar-refractivity contribution is 0.463. The van der Waals surface area contributed by atoms with Gasteiger partial charge in [-0.15, -0.1) is 0 Å². The Balaban J connectivity index is 1.52. The molecule has 0 fully saturated rings. The Bertz CT molecular complexity index is 1220. The Morgan fingerprint density at radius 3 is 2.37 bits per heavy atom. The van der Waals surface area contributed by atoms with Gasteiger partial charge in [-0.1, -0.05) is 30.3 Å². The van der Waals surface area contributed by atoms with Crippen molar-refractivity contribution in [3.63, 3.8) is 0 Å². The van der Waals surface area contributed by atoms with Crippen LogP contribution in [0.15, 0.2) is 78.9 Å². The highest BCUT2D eigenvalue weighted by Gasteiger charge is 2.08. The van der Waals surface area contributed by atoms with Crippen LogP contribution in [0, 0.1) is 17.1 Å². The number of benzene rings is 3. The van der Waals surface area contributed by atoms with Crippen LogP contribution in [-0.4, -0.2) is 9.97 Å². The molecule has 7 heteroatoms. The second-order valence-corrected chi connectivity index (χ2v) is 6.38. The number of anilines is 3. The summed E-state index contributed by atoms with van der Waals surface area (Å²) in [5.41, 5.74) is 8.39. The van der Waals surface area contributed by atoms with E-state index in [4.69, 9.17) is 15.7 Å². The summed E-state index contributed by atoms with van der Waals surface area (Å²) >= 11 is 0. The molecule has 30 heavy (non-hydrogen) atoms. The molecule has 0 saturated heterocycles. The van der Waals surface area contributed by atoms with Crippen molar-refractivity contribution >= 4 is 17.5 Å². The average Bonchev–Trinajstić information content (AvgIpc) is 2.75. The molecular formula is C23H16FN5O. The summed E-state index contributed by atoms with van der Waals surface area (Å²) < 4.78 is 19.7. The molecule has 0 aliphatic carbocycles. The van der Waals surface area contributed by atoms with Gasteiger partial charge >= 0.3 is 0 Å². The number of hydrogen-bond acceptors (Lipinski definition) is 6. The first-order valence-corrected chi connectivity index (χ1v) is 9.05. The summed E-state index contributed by atoms with van der Waals surface area (Å²) in [5.74, 6) is 1.000. The van der Waals surface area contributed by atoms with Gasteiger partial charge in [0.1, 0.15) is 17.4 Å². The first kappa shape index (κ1) is 18.9. The van der Waals surface area contributed by atoms with Gasteiger partial charge in [0, 0.05) is 17.3 Å². The Labute approximate surface area is 172 Å². The number of nitrogens with one attached hydrogen (secondary N) is 1. The predicted octanol–water partition coefficient (Wildman–Crippen LogP) is 5.27. The van der Waals surface area contributed by atoms with Gasteiger partial charge in [-0.2, -0.15) is 15.2 Å². The predicted molar refractivity (Wildman–Crippen MR) is 113 cm³/mol. The third-order valence-corrected chi connectivity index (χ3v) is 4.25. The van der Waals surface area contributed by atoms with E-state index in [0.717, 1.165) is 5.56 Å². The number of hydrogen-bond donors (Lipinski definition) is 2. The molecule has 3 N–H and O–H groups in total. The zero-order valence-corrected chi connectivity index (χ0v) is 15.7. The van der Waals surface area contributed by atoms with Gasteiger partial charge in [0.05, 0.1) is 11.6 Å². The SMILES string of the molecule is N#Cc1ccc(Nc2nc(N)cc(Oc3ccc(-c4ccccc4F)cc3)n2)cc1. The highest BCUT2D eigenvalue weighted by molar-refractivity contribution is 5.65. The van der Waals surface area contributed by atoms with Crippen LogP contribution in [0.4, 0.5) is 21.8 Å². The fourth-order valence-electron chi connectivity index (χ4n) is 2.83. The molecule has 1 aromatic heterocycles. The molecule has 3 aromatic carbocycles. The largest absolute Gasteiger partial charge is 0.439 e. The van der Waals surface area contributed by atoms with E-state index in [1.165, 1.54) is 12.1 Å². The summed E-state index contributed by atoms with van der Waals surface area (Å²) in [4.78, 5) is 8.46. The maximum atomic E-state index is 13.9. The third-order valence-electron chi connectivity index (χ3n) is 4.25. The highest BCUT2D eigenvalue weighted by Crippen LogP contribution is 2.28. The fourth-order valence-corrected chi connectivity index (χ4v) is 2.83. The lowest BCUT2D eigenvalue weighted by Gasteiger charge is -2.10. The van der Waals surface area contributed by atoms with Crippen molar-refractivity contribution in [2.45, 2.75) is 0 Å². The molecule has 4 rings (SSSR count). The van der Waals surface area contributed by atoms with E-state index in [0.29, 0.717) is 22.6 Å². The Morgan fingerprint density at radius 2 is 1.67 bits per heavy atom. The summed E-state index contributed by atoms with van der Waals surface area (Å²) in [7, 11) is 0. The molecule has 146 valence electrons. The minimum absolute atomic E-state index is 0.235. The Morgan fingerprint density at radius 1 is 0.933 bits per heavy atom. The second kappa shape index (κ2) is 8.29. The average molecular weight is 397 g/mol. The van der Waals surface area contributed by atoms with E-state index in [2.05, 4.69) is 21.4 Å². The number of nitrogens with zero attached hydrogens (tertiary/aromatic N) is 3. The molecule has 0 aliphatic heterocycles. The molecule has 0 spiro atoms. The molecule has 0 bridgehead atoms. The van der Waals surface area contributed by atoms with Crippen molar-refractivity contribution in [3.05, 3.63) is 90.2 Å². The zero-order chi connectivity index (χ0) is 20.9. The summed E-state index contributed by atoms with van der Waals surface area (Å²) in [6.07, 6.45) is 0. The molecule has 0 unspecified atom stereocenters. The van der Waals surface area contributed by atoms with E-state index in [1.807, 2.05) is 0 Å². The standard InChI is InChI=1S/C23H16FN5O/c24-20-4-2-1-3-19(20)16-7-11-18(12-8-16)30-22-13-21(26)28-23(29-22)27-17-9-5-15(14-25)6-10-17/h1-13H,(H3,26,27,28,29). The summed E-state index contributed by atoms with van der Waals surface area (Å²) in [5, 5.41) is 11.9. The maximum Gasteiger partial charge on any atom is 0.232 e. The first-order chi connectivity index (χ1) is 14.6. The van der Waals surface area contributed by atoms with Gasteiger partial charge in [0.15, 0.2) is 0 Å². The molecule has 4 aromatic rings. The van der Waals surface area contributed by atoms with Crippen LogP contribution in [0.1, 0.15) is 5.56 Å². The van der Waals surface area contributed by atoms with Gasteiger partial charge < -0.3 is 15.8 Å². The summed E-state index contributed by atoms with van der Waals surface area (Å²) in [6.45, 7) is 0. The highest BCUT2D eigenvalue weighted by atomic mass is 19.1. The van der Waals surface area contributed by atoms with Crippen molar-refractivity contribution in [2.24, 2.45) is 0 Å². The fraction of sp³-hybridized carbons (Fsp3) is 0. The quantitative estimate of drug-likeness (QED) is 0.476. The molecule has 0 amide bonds. The van der Waals surface area contributed by atoms with Gasteiger partial charge in [0.2, 0.25) is 11.8 Å². The maximum absolute atomic E-state index is 13.9. The smallest absolute Gasteiger partial charge is 0.232 e. The summed E-state index contributed by atoms with van der Waals surface area (Å²) in [6, 6.07) is 24.0. The van der Waals surface area contributed by atoms with Crippen LogP contribution < -0.4 is 15.8 Å². The van der Waals surface area contributed by atoms with Crippen molar-refractivity contribution in [1.82, 2.24) is 9.97 Å². The monoisotopic (exact) mass is 397 g/mol. The lowest BCUT2D eigenvalue weighted by Crippen LogP contribution is -2.02. The van der Waals surface area contributed by atoms with E-state index >= 15 is 0 Å². The number of nitrogens with two attached hydrogens (primary N) is 1. The van der Waals surface area contributed by atoms with Crippen molar-refractivity contribution in [3.8, 4) is 28.8 Å². The number of halogens is 1. The normalized spacial score (nSPS) is 10.3. The van der Waals surface area contributed by atoms with Crippen molar-refractivity contribution in [2.75, 3.05) is 11.1 Å². The number of nitrogen functional groups attached to an aromatic ring is 1. The molecule has 0 saturated carbocycles. The van der Waals surface area contributed by atoms with Crippen LogP contribution in [0.3, 0.4) is 0 Å². The number of rotatable bonds is 5. The van der Waals surface area contributed by atoms with Gasteiger partial charge in [-0.25, -0.2) is 4.39 Å². The van der Waals surface area contributed by atoms with Crippen LogP contribution in [0.25, 0.3) is 11.1 Å². The van der Waals surface area contributed by atoms with E-state index in [9.17, 15) is 4.39 Å². The molecule has 6 nitrogen and oxygen atoms in total. The lowest BCUT2D eigenvalue weighted by atomic mass is 10.1. The molecule has 0 aliphatic rings. The van der Waals surface area contributed by atoms with Crippen LogP contribution in [0.5, 0.6) is 11.6 Å². The van der Waals surface area contributed by atoms with E-state index in [-0.39, 0.29) is 23.5 Å². The minimum Gasteiger partial charge on any atom is -0.439 e. The van der Waals surface area contributed by atoms with Crippen LogP contribution in [-0.2, 0) is 0 Å². The molecule has 1 heterocycles. The molecule has 0 atom stereocenters. The van der Waals surface area contributed by atoms with Gasteiger partial charge in [-0.3, -0.25) is 0 Å².